The van der Waals surface area contributed by atoms with Gasteiger partial charge in [-0.05, 0) is 83.6 Å². The van der Waals surface area contributed by atoms with E-state index < -0.39 is 6.10 Å². The third-order valence-electron chi connectivity index (χ3n) is 7.83. The predicted molar refractivity (Wildman–Crippen MR) is 163 cm³/mol. The molecule has 3 aromatic carbocycles. The van der Waals surface area contributed by atoms with E-state index in [9.17, 15) is 14.7 Å². The van der Waals surface area contributed by atoms with Crippen molar-refractivity contribution < 1.29 is 14.7 Å². The van der Waals surface area contributed by atoms with Crippen LogP contribution in [0.15, 0.2) is 103 Å². The van der Waals surface area contributed by atoms with Crippen molar-refractivity contribution in [1.82, 2.24) is 14.9 Å². The molecule has 42 heavy (non-hydrogen) atoms. The number of aromatic nitrogens is 2. The summed E-state index contributed by atoms with van der Waals surface area (Å²) >= 11 is 0. The highest BCUT2D eigenvalue weighted by atomic mass is 16.3. The molecule has 1 aliphatic rings. The van der Waals surface area contributed by atoms with Crippen LogP contribution in [0.2, 0.25) is 0 Å². The highest BCUT2D eigenvalue weighted by Gasteiger charge is 2.27. The number of aryl methyl sites for hydroxylation is 1. The fraction of sp³-hybridized carbons (Fsp3) is 0.171. The molecule has 0 saturated heterocycles. The van der Waals surface area contributed by atoms with Gasteiger partial charge in [0.05, 0.1) is 19.2 Å². The van der Waals surface area contributed by atoms with Crippen molar-refractivity contribution >= 4 is 17.5 Å². The topological polar surface area (TPSA) is 87.5 Å². The average Bonchev–Trinajstić information content (AvgIpc) is 3.33. The zero-order valence-corrected chi connectivity index (χ0v) is 23.6. The number of nitrogens with one attached hydrogen (secondary N) is 1. The first kappa shape index (κ1) is 27.2. The first-order chi connectivity index (χ1) is 20.4. The molecule has 0 bridgehead atoms. The van der Waals surface area contributed by atoms with Gasteiger partial charge in [0, 0.05) is 35.9 Å². The highest BCUT2D eigenvalue weighted by molar-refractivity contribution is 6.07. The Morgan fingerprint density at radius 1 is 0.929 bits per heavy atom. The second kappa shape index (κ2) is 11.5. The molecule has 6 rings (SSSR count). The van der Waals surface area contributed by atoms with E-state index in [0.29, 0.717) is 30.9 Å². The van der Waals surface area contributed by atoms with Crippen molar-refractivity contribution in [3.63, 3.8) is 0 Å². The van der Waals surface area contributed by atoms with Crippen molar-refractivity contribution in [2.24, 2.45) is 0 Å². The highest BCUT2D eigenvalue weighted by Crippen LogP contribution is 2.33. The molecule has 2 N–H and O–H groups in total. The number of carbonyl (C=O) groups excluding carboxylic acids is 2. The number of para-hydroxylation sites is 1. The summed E-state index contributed by atoms with van der Waals surface area (Å²) in [5.41, 5.74) is 8.46. The Bertz CT molecular complexity index is 1770. The third-order valence-corrected chi connectivity index (χ3v) is 7.83. The number of hydrogen-bond donors (Lipinski definition) is 2. The normalized spacial score (nSPS) is 13.1. The van der Waals surface area contributed by atoms with Crippen LogP contribution in [0.5, 0.6) is 0 Å². The molecular formula is C35H32N4O3. The number of nitrogens with zero attached hydrogens (tertiary/aromatic N) is 3. The third kappa shape index (κ3) is 5.22. The van der Waals surface area contributed by atoms with Crippen LogP contribution in [0, 0.1) is 6.92 Å². The second-order valence-electron chi connectivity index (χ2n) is 10.7. The Morgan fingerprint density at radius 2 is 1.74 bits per heavy atom. The Morgan fingerprint density at radius 3 is 2.52 bits per heavy atom. The number of carbonyl (C=O) groups is 2. The lowest BCUT2D eigenvalue weighted by Gasteiger charge is -2.23. The summed E-state index contributed by atoms with van der Waals surface area (Å²) in [4.78, 5) is 33.2. The van der Waals surface area contributed by atoms with Crippen LogP contribution in [-0.2, 0) is 19.6 Å². The molecule has 1 atom stereocenters. The van der Waals surface area contributed by atoms with E-state index in [0.717, 1.165) is 44.8 Å². The number of benzene rings is 3. The summed E-state index contributed by atoms with van der Waals surface area (Å²) in [5.74, 6) is -0.288. The molecule has 0 spiro atoms. The van der Waals surface area contributed by atoms with E-state index in [2.05, 4.69) is 10.3 Å². The maximum absolute atomic E-state index is 14.1. The number of amides is 2. The Hall–Kier alpha value is -5.01. The number of aliphatic hydroxyl groups excluding tert-OH is 1. The van der Waals surface area contributed by atoms with Crippen LogP contribution in [0.4, 0.5) is 5.69 Å². The van der Waals surface area contributed by atoms with Gasteiger partial charge >= 0.3 is 0 Å². The van der Waals surface area contributed by atoms with Crippen molar-refractivity contribution in [3.8, 4) is 11.1 Å². The SMILES string of the molecule is Cc1cc(C(=O)N2Cc3ccc(C(=O)NCc4cccnc4)n3Cc3ccccc32)ccc1-c1ccccc1C(C)O. The molecule has 7 heteroatoms. The summed E-state index contributed by atoms with van der Waals surface area (Å²) in [5, 5.41) is 13.3. The Labute approximate surface area is 245 Å². The van der Waals surface area contributed by atoms with Crippen molar-refractivity contribution in [3.05, 3.63) is 143 Å². The van der Waals surface area contributed by atoms with E-state index in [1.165, 1.54) is 0 Å². The summed E-state index contributed by atoms with van der Waals surface area (Å²) in [6, 6.07) is 28.9. The van der Waals surface area contributed by atoms with Crippen molar-refractivity contribution in [1.29, 1.82) is 0 Å². The minimum Gasteiger partial charge on any atom is -0.389 e. The first-order valence-corrected chi connectivity index (χ1v) is 14.0. The van der Waals surface area contributed by atoms with E-state index in [-0.39, 0.29) is 11.8 Å². The van der Waals surface area contributed by atoms with Gasteiger partial charge in [-0.25, -0.2) is 0 Å². The summed E-state index contributed by atoms with van der Waals surface area (Å²) in [6.07, 6.45) is 2.84. The molecule has 7 nitrogen and oxygen atoms in total. The van der Waals surface area contributed by atoms with Gasteiger partial charge < -0.3 is 19.9 Å². The van der Waals surface area contributed by atoms with Gasteiger partial charge in [0.2, 0.25) is 0 Å². The van der Waals surface area contributed by atoms with Gasteiger partial charge in [-0.3, -0.25) is 14.6 Å². The summed E-state index contributed by atoms with van der Waals surface area (Å²) < 4.78 is 1.99. The van der Waals surface area contributed by atoms with Gasteiger partial charge in [-0.1, -0.05) is 54.6 Å². The molecule has 1 aliphatic heterocycles. The fourth-order valence-electron chi connectivity index (χ4n) is 5.68. The zero-order chi connectivity index (χ0) is 29.2. The number of anilines is 1. The minimum atomic E-state index is -0.603. The summed E-state index contributed by atoms with van der Waals surface area (Å²) in [6.45, 7) is 4.94. The number of aliphatic hydroxyl groups is 1. The molecule has 0 fully saturated rings. The standard InChI is InChI=1S/C35H32N4O3/c1-23-18-26(13-15-29(23)31-11-5-4-10-30(31)24(2)40)35(42)39-22-28-14-16-33(34(41)37-20-25-8-7-17-36-19-25)38(28)21-27-9-3-6-12-32(27)39/h3-19,24,40H,20-22H2,1-2H3,(H,37,41). The Kier molecular flexibility index (Phi) is 7.42. The van der Waals surface area contributed by atoms with Gasteiger partial charge in [-0.2, -0.15) is 0 Å². The lowest BCUT2D eigenvalue weighted by molar-refractivity contribution is 0.0941. The van der Waals surface area contributed by atoms with Crippen LogP contribution < -0.4 is 10.2 Å². The second-order valence-corrected chi connectivity index (χ2v) is 10.7. The van der Waals surface area contributed by atoms with E-state index in [1.54, 1.807) is 24.2 Å². The Balaban J connectivity index is 1.30. The lowest BCUT2D eigenvalue weighted by Crippen LogP contribution is -2.30. The quantitative estimate of drug-likeness (QED) is 0.267. The molecule has 5 aromatic rings. The maximum atomic E-state index is 14.1. The molecule has 2 amide bonds. The maximum Gasteiger partial charge on any atom is 0.268 e. The predicted octanol–water partition coefficient (Wildman–Crippen LogP) is 6.05. The molecule has 2 aromatic heterocycles. The van der Waals surface area contributed by atoms with E-state index >= 15 is 0 Å². The van der Waals surface area contributed by atoms with Crippen LogP contribution in [-0.4, -0.2) is 26.5 Å². The average molecular weight is 557 g/mol. The molecule has 0 aliphatic carbocycles. The number of hydrogen-bond acceptors (Lipinski definition) is 4. The van der Waals surface area contributed by atoms with Crippen LogP contribution in [0.1, 0.15) is 61.8 Å². The lowest BCUT2D eigenvalue weighted by atomic mass is 9.92. The molecule has 0 radical (unpaired) electrons. The number of fused-ring (bicyclic) bond motifs is 2. The zero-order valence-electron chi connectivity index (χ0n) is 23.6. The van der Waals surface area contributed by atoms with Crippen molar-refractivity contribution in [2.45, 2.75) is 39.6 Å². The van der Waals surface area contributed by atoms with Gasteiger partial charge in [-0.15, -0.1) is 0 Å². The monoisotopic (exact) mass is 556 g/mol. The van der Waals surface area contributed by atoms with Crippen LogP contribution in [0.3, 0.4) is 0 Å². The molecule has 210 valence electrons. The molecule has 3 heterocycles. The minimum absolute atomic E-state index is 0.113. The van der Waals surface area contributed by atoms with Gasteiger partial charge in [0.1, 0.15) is 5.69 Å². The number of pyridine rings is 1. The number of rotatable bonds is 6. The molecule has 1 unspecified atom stereocenters. The van der Waals surface area contributed by atoms with E-state index in [1.807, 2.05) is 102 Å². The van der Waals surface area contributed by atoms with Crippen LogP contribution >= 0.6 is 0 Å². The van der Waals surface area contributed by atoms with Gasteiger partial charge in [0.15, 0.2) is 0 Å². The van der Waals surface area contributed by atoms with Crippen LogP contribution in [0.25, 0.3) is 11.1 Å². The molecule has 0 saturated carbocycles. The van der Waals surface area contributed by atoms with Gasteiger partial charge in [0.25, 0.3) is 11.8 Å². The largest absolute Gasteiger partial charge is 0.389 e. The smallest absolute Gasteiger partial charge is 0.268 e. The fourth-order valence-corrected chi connectivity index (χ4v) is 5.68. The summed E-state index contributed by atoms with van der Waals surface area (Å²) in [7, 11) is 0. The molecular weight excluding hydrogens is 524 g/mol. The first-order valence-electron chi connectivity index (χ1n) is 14.0. The van der Waals surface area contributed by atoms with Crippen molar-refractivity contribution in [2.75, 3.05) is 4.90 Å². The van der Waals surface area contributed by atoms with E-state index in [4.69, 9.17) is 0 Å².